The van der Waals surface area contributed by atoms with Crippen molar-refractivity contribution in [2.75, 3.05) is 13.2 Å². The molecule has 3 rings (SSSR count). The average molecular weight is 483 g/mol. The molecule has 0 aromatic heterocycles. The van der Waals surface area contributed by atoms with Gasteiger partial charge in [0.15, 0.2) is 0 Å². The molecule has 7 heteroatoms. The van der Waals surface area contributed by atoms with Gasteiger partial charge < -0.3 is 15.0 Å². The first-order chi connectivity index (χ1) is 16.2. The number of amides is 2. The Kier molecular flexibility index (Phi) is 8.51. The lowest BCUT2D eigenvalue weighted by Gasteiger charge is -2.35. The summed E-state index contributed by atoms with van der Waals surface area (Å²) >= 11 is 6.42. The van der Waals surface area contributed by atoms with Crippen LogP contribution < -0.4 is 5.32 Å². The predicted molar refractivity (Wildman–Crippen MR) is 132 cm³/mol. The zero-order chi connectivity index (χ0) is 24.8. The number of nitrogens with one attached hydrogen (secondary N) is 1. The molecule has 0 aliphatic carbocycles. The van der Waals surface area contributed by atoms with E-state index >= 15 is 0 Å². The van der Waals surface area contributed by atoms with Gasteiger partial charge >= 0.3 is 5.97 Å². The number of carbonyl (C=O) groups excluding carboxylic acids is 3. The predicted octanol–water partition coefficient (Wildman–Crippen LogP) is 5.08. The third kappa shape index (κ3) is 5.86. The average Bonchev–Trinajstić information content (AvgIpc) is 2.80. The molecule has 1 atom stereocenters. The minimum atomic E-state index is -0.482. The summed E-state index contributed by atoms with van der Waals surface area (Å²) in [5, 5.41) is 3.41. The number of halogens is 1. The minimum Gasteiger partial charge on any atom is -0.463 e. The lowest BCUT2D eigenvalue weighted by atomic mass is 9.83. The van der Waals surface area contributed by atoms with Crippen LogP contribution in [0.15, 0.2) is 59.8 Å². The first kappa shape index (κ1) is 25.5. The van der Waals surface area contributed by atoms with Crippen molar-refractivity contribution in [1.82, 2.24) is 10.2 Å². The number of nitrogens with zero attached hydrogens (tertiary/aromatic N) is 1. The summed E-state index contributed by atoms with van der Waals surface area (Å²) in [7, 11) is 0. The van der Waals surface area contributed by atoms with E-state index in [1.54, 1.807) is 43.0 Å². The Balaban J connectivity index is 1.94. The molecule has 2 aromatic carbocycles. The molecule has 0 radical (unpaired) electrons. The fourth-order valence-corrected chi connectivity index (χ4v) is 4.36. The minimum absolute atomic E-state index is 0.101. The fourth-order valence-electron chi connectivity index (χ4n) is 4.09. The van der Waals surface area contributed by atoms with Crippen LogP contribution >= 0.6 is 11.6 Å². The van der Waals surface area contributed by atoms with Crippen molar-refractivity contribution < 1.29 is 19.1 Å². The quantitative estimate of drug-likeness (QED) is 0.532. The number of carbonyl (C=O) groups is 3. The van der Waals surface area contributed by atoms with Gasteiger partial charge in [-0.05, 0) is 49.1 Å². The van der Waals surface area contributed by atoms with E-state index < -0.39 is 11.9 Å². The van der Waals surface area contributed by atoms with Crippen LogP contribution in [0.1, 0.15) is 61.5 Å². The van der Waals surface area contributed by atoms with Gasteiger partial charge in [-0.25, -0.2) is 4.79 Å². The van der Waals surface area contributed by atoms with Crippen molar-refractivity contribution >= 4 is 29.4 Å². The lowest BCUT2D eigenvalue weighted by molar-refractivity contribution is -0.140. The number of allylic oxidation sites excluding steroid dienone is 1. The highest BCUT2D eigenvalue weighted by molar-refractivity contribution is 6.31. The van der Waals surface area contributed by atoms with E-state index in [4.69, 9.17) is 16.3 Å². The van der Waals surface area contributed by atoms with Crippen LogP contribution in [0.25, 0.3) is 0 Å². The van der Waals surface area contributed by atoms with E-state index in [0.717, 1.165) is 11.1 Å². The van der Waals surface area contributed by atoms with Crippen molar-refractivity contribution in [1.29, 1.82) is 0 Å². The Labute approximate surface area is 205 Å². The normalized spacial score (nSPS) is 16.1. The Bertz CT molecular complexity index is 1110. The second-order valence-electron chi connectivity index (χ2n) is 8.78. The zero-order valence-corrected chi connectivity index (χ0v) is 20.8. The van der Waals surface area contributed by atoms with Crippen molar-refractivity contribution in [2.45, 2.75) is 46.6 Å². The molecular weight excluding hydrogens is 452 g/mol. The number of benzene rings is 2. The zero-order valence-electron chi connectivity index (χ0n) is 20.1. The van der Waals surface area contributed by atoms with Crippen LogP contribution in [0, 0.1) is 5.92 Å². The van der Waals surface area contributed by atoms with E-state index in [1.807, 2.05) is 38.1 Å². The number of rotatable bonds is 8. The summed E-state index contributed by atoms with van der Waals surface area (Å²) in [5.41, 5.74) is 3.02. The molecule has 0 saturated heterocycles. The van der Waals surface area contributed by atoms with Crippen molar-refractivity contribution in [3.05, 3.63) is 81.5 Å². The summed E-state index contributed by atoms with van der Waals surface area (Å²) in [5.74, 6) is -0.865. The van der Waals surface area contributed by atoms with Gasteiger partial charge in [-0.1, -0.05) is 55.8 Å². The monoisotopic (exact) mass is 482 g/mol. The second-order valence-corrected chi connectivity index (χ2v) is 9.19. The smallest absolute Gasteiger partial charge is 0.336 e. The third-order valence-electron chi connectivity index (χ3n) is 5.80. The maximum atomic E-state index is 13.2. The van der Waals surface area contributed by atoms with Crippen LogP contribution in [0.2, 0.25) is 5.02 Å². The largest absolute Gasteiger partial charge is 0.463 e. The Hall–Kier alpha value is -3.12. The maximum absolute atomic E-state index is 13.2. The SMILES string of the molecule is CCOC(=O)C1=C(C)N(Cc2cccc(C(=O)NCC(C)C)c2)C(=O)CC1c1ccccc1Cl. The molecular formula is C27H31ClN2O4. The fraction of sp³-hybridized carbons (Fsp3) is 0.370. The van der Waals surface area contributed by atoms with Crippen molar-refractivity contribution in [3.8, 4) is 0 Å². The summed E-state index contributed by atoms with van der Waals surface area (Å²) < 4.78 is 5.34. The molecule has 0 bridgehead atoms. The Morgan fingerprint density at radius 2 is 1.91 bits per heavy atom. The molecule has 1 unspecified atom stereocenters. The van der Waals surface area contributed by atoms with Crippen LogP contribution in [-0.4, -0.2) is 35.8 Å². The van der Waals surface area contributed by atoms with E-state index in [9.17, 15) is 14.4 Å². The Morgan fingerprint density at radius 1 is 1.18 bits per heavy atom. The van der Waals surface area contributed by atoms with E-state index in [-0.39, 0.29) is 31.4 Å². The van der Waals surface area contributed by atoms with Crippen molar-refractivity contribution in [3.63, 3.8) is 0 Å². The number of hydrogen-bond acceptors (Lipinski definition) is 4. The van der Waals surface area contributed by atoms with Gasteiger partial charge in [0.25, 0.3) is 5.91 Å². The number of hydrogen-bond donors (Lipinski definition) is 1. The van der Waals surface area contributed by atoms with E-state index in [1.165, 1.54) is 0 Å². The highest BCUT2D eigenvalue weighted by atomic mass is 35.5. The van der Waals surface area contributed by atoms with E-state index in [0.29, 0.717) is 34.3 Å². The topological polar surface area (TPSA) is 75.7 Å². The molecule has 0 saturated carbocycles. The molecule has 180 valence electrons. The molecule has 2 aromatic rings. The van der Waals surface area contributed by atoms with Gasteiger partial charge in [-0.15, -0.1) is 0 Å². The number of ether oxygens (including phenoxy) is 1. The molecule has 1 aliphatic rings. The van der Waals surface area contributed by atoms with Gasteiger partial charge in [0, 0.05) is 35.2 Å². The first-order valence-electron chi connectivity index (χ1n) is 11.5. The molecule has 6 nitrogen and oxygen atoms in total. The molecule has 1 heterocycles. The van der Waals surface area contributed by atoms with Gasteiger partial charge in [-0.3, -0.25) is 9.59 Å². The standard InChI is InChI=1S/C27H31ClN2O4/c1-5-34-27(33)25-18(4)30(24(31)14-22(25)21-11-6-7-12-23(21)28)16-19-9-8-10-20(13-19)26(32)29-15-17(2)3/h6-13,17,22H,5,14-16H2,1-4H3,(H,29,32). The van der Waals surface area contributed by atoms with Gasteiger partial charge in [0.1, 0.15) is 0 Å². The maximum Gasteiger partial charge on any atom is 0.336 e. The molecule has 1 N–H and O–H groups in total. The summed E-state index contributed by atoms with van der Waals surface area (Å²) in [4.78, 5) is 40.3. The molecule has 2 amide bonds. The van der Waals surface area contributed by atoms with Crippen LogP contribution in [0.5, 0.6) is 0 Å². The number of esters is 1. The van der Waals surface area contributed by atoms with Crippen molar-refractivity contribution in [2.24, 2.45) is 5.92 Å². The lowest BCUT2D eigenvalue weighted by Crippen LogP contribution is -2.38. The molecule has 34 heavy (non-hydrogen) atoms. The highest BCUT2D eigenvalue weighted by Crippen LogP contribution is 2.40. The van der Waals surface area contributed by atoms with Crippen LogP contribution in [0.4, 0.5) is 0 Å². The first-order valence-corrected chi connectivity index (χ1v) is 11.9. The summed E-state index contributed by atoms with van der Waals surface area (Å²) in [6, 6.07) is 14.4. The summed E-state index contributed by atoms with van der Waals surface area (Å²) in [6.45, 7) is 8.63. The molecule has 1 aliphatic heterocycles. The van der Waals surface area contributed by atoms with Gasteiger partial charge in [0.05, 0.1) is 18.7 Å². The van der Waals surface area contributed by atoms with Crippen LogP contribution in [-0.2, 0) is 20.9 Å². The third-order valence-corrected chi connectivity index (χ3v) is 6.14. The molecule has 0 spiro atoms. The van der Waals surface area contributed by atoms with Gasteiger partial charge in [-0.2, -0.15) is 0 Å². The Morgan fingerprint density at radius 3 is 2.59 bits per heavy atom. The highest BCUT2D eigenvalue weighted by Gasteiger charge is 2.37. The van der Waals surface area contributed by atoms with Gasteiger partial charge in [0.2, 0.25) is 5.91 Å². The van der Waals surface area contributed by atoms with E-state index in [2.05, 4.69) is 5.32 Å². The van der Waals surface area contributed by atoms with Crippen LogP contribution in [0.3, 0.4) is 0 Å². The second kappa shape index (κ2) is 11.3. The molecule has 0 fully saturated rings. The summed E-state index contributed by atoms with van der Waals surface area (Å²) in [6.07, 6.45) is 0.101.